The molecule has 23 heavy (non-hydrogen) atoms. The summed E-state index contributed by atoms with van der Waals surface area (Å²) in [5.74, 6) is 0.00840. The van der Waals surface area contributed by atoms with E-state index < -0.39 is 10.0 Å². The second-order valence-electron chi connectivity index (χ2n) is 6.38. The van der Waals surface area contributed by atoms with Gasteiger partial charge in [-0.25, -0.2) is 8.42 Å². The van der Waals surface area contributed by atoms with Gasteiger partial charge in [-0.2, -0.15) is 4.31 Å². The number of amides is 1. The molecule has 1 amide bonds. The molecule has 1 aromatic carbocycles. The topological polar surface area (TPSA) is 57.7 Å². The lowest BCUT2D eigenvalue weighted by molar-refractivity contribution is -0.116. The first-order chi connectivity index (χ1) is 11.0. The summed E-state index contributed by atoms with van der Waals surface area (Å²) >= 11 is 0. The minimum Gasteiger partial charge on any atom is -0.312 e. The minimum atomic E-state index is -3.43. The van der Waals surface area contributed by atoms with Crippen LogP contribution >= 0.6 is 0 Å². The molecule has 2 heterocycles. The Bertz CT molecular complexity index is 692. The van der Waals surface area contributed by atoms with Gasteiger partial charge in [-0.15, -0.1) is 0 Å². The van der Waals surface area contributed by atoms with Gasteiger partial charge in [0, 0.05) is 32.2 Å². The summed E-state index contributed by atoms with van der Waals surface area (Å²) in [4.78, 5) is 13.8. The highest BCUT2D eigenvalue weighted by atomic mass is 32.2. The third-order valence-corrected chi connectivity index (χ3v) is 6.65. The normalized spacial score (nSPS) is 20.0. The molecule has 0 atom stereocenters. The second-order valence-corrected chi connectivity index (χ2v) is 8.32. The maximum Gasteiger partial charge on any atom is 0.243 e. The lowest BCUT2D eigenvalue weighted by Crippen LogP contribution is -2.34. The smallest absolute Gasteiger partial charge is 0.243 e. The number of carbonyl (C=O) groups excluding carboxylic acids is 1. The van der Waals surface area contributed by atoms with E-state index >= 15 is 0 Å². The first-order valence-corrected chi connectivity index (χ1v) is 9.85. The zero-order valence-corrected chi connectivity index (χ0v) is 14.4. The maximum atomic E-state index is 12.9. The predicted molar refractivity (Wildman–Crippen MR) is 90.0 cm³/mol. The van der Waals surface area contributed by atoms with Gasteiger partial charge in [0.25, 0.3) is 0 Å². The summed E-state index contributed by atoms with van der Waals surface area (Å²) in [6.45, 7) is 3.48. The Kier molecular flexibility index (Phi) is 4.73. The van der Waals surface area contributed by atoms with Crippen molar-refractivity contribution in [3.8, 4) is 0 Å². The first kappa shape index (κ1) is 16.5. The molecule has 0 saturated carbocycles. The van der Waals surface area contributed by atoms with E-state index in [1.165, 1.54) is 0 Å². The molecule has 0 aromatic heterocycles. The van der Waals surface area contributed by atoms with E-state index in [1.54, 1.807) is 34.3 Å². The third kappa shape index (κ3) is 3.28. The number of nitrogens with zero attached hydrogens (tertiary/aromatic N) is 2. The fourth-order valence-electron chi connectivity index (χ4n) is 3.49. The van der Waals surface area contributed by atoms with Crippen LogP contribution in [0.2, 0.25) is 0 Å². The van der Waals surface area contributed by atoms with Crippen LogP contribution in [0, 0.1) is 0 Å². The van der Waals surface area contributed by atoms with Gasteiger partial charge in [0.15, 0.2) is 0 Å². The van der Waals surface area contributed by atoms with E-state index in [1.807, 2.05) is 0 Å². The minimum absolute atomic E-state index is 0.00840. The summed E-state index contributed by atoms with van der Waals surface area (Å²) in [5.41, 5.74) is 1.82. The Balaban J connectivity index is 1.93. The van der Waals surface area contributed by atoms with Crippen molar-refractivity contribution in [2.75, 3.05) is 24.5 Å². The highest BCUT2D eigenvalue weighted by Gasteiger charge is 2.27. The molecule has 126 valence electrons. The maximum absolute atomic E-state index is 12.9. The molecule has 0 bridgehead atoms. The van der Waals surface area contributed by atoms with Crippen LogP contribution in [-0.4, -0.2) is 38.3 Å². The summed E-state index contributed by atoms with van der Waals surface area (Å²) in [6.07, 6.45) is 5.76. The van der Waals surface area contributed by atoms with E-state index in [-0.39, 0.29) is 5.91 Å². The molecule has 2 aliphatic rings. The average Bonchev–Trinajstić information content (AvgIpc) is 2.83. The van der Waals surface area contributed by atoms with Gasteiger partial charge < -0.3 is 4.90 Å². The Morgan fingerprint density at radius 2 is 1.70 bits per heavy atom. The average molecular weight is 336 g/mol. The highest BCUT2D eigenvalue weighted by Crippen LogP contribution is 2.31. The summed E-state index contributed by atoms with van der Waals surface area (Å²) in [7, 11) is -3.43. The van der Waals surface area contributed by atoms with Crippen LogP contribution in [-0.2, 0) is 21.2 Å². The SMILES string of the molecule is CC(=O)N1CCCc2cc(S(=O)(=O)N3CCCCCC3)ccc21. The van der Waals surface area contributed by atoms with Gasteiger partial charge in [0.05, 0.1) is 4.90 Å². The quantitative estimate of drug-likeness (QED) is 0.834. The van der Waals surface area contributed by atoms with Gasteiger partial charge in [0.2, 0.25) is 15.9 Å². The summed E-state index contributed by atoms with van der Waals surface area (Å²) in [6, 6.07) is 5.21. The van der Waals surface area contributed by atoms with E-state index in [2.05, 4.69) is 0 Å². The van der Waals surface area contributed by atoms with Crippen LogP contribution in [0.4, 0.5) is 5.69 Å². The molecule has 0 spiro atoms. The fraction of sp³-hybridized carbons (Fsp3) is 0.588. The standard InChI is InChI=1S/C17H24N2O3S/c1-14(20)19-12-6-7-15-13-16(8-9-17(15)19)23(21,22)18-10-4-2-3-5-11-18/h8-9,13H,2-7,10-12H2,1H3. The third-order valence-electron chi connectivity index (χ3n) is 4.75. The van der Waals surface area contributed by atoms with Gasteiger partial charge in [-0.1, -0.05) is 12.8 Å². The highest BCUT2D eigenvalue weighted by molar-refractivity contribution is 7.89. The van der Waals surface area contributed by atoms with E-state index in [9.17, 15) is 13.2 Å². The molecule has 1 fully saturated rings. The molecule has 1 saturated heterocycles. The van der Waals surface area contributed by atoms with Crippen molar-refractivity contribution < 1.29 is 13.2 Å². The summed E-state index contributed by atoms with van der Waals surface area (Å²) in [5, 5.41) is 0. The molecule has 0 radical (unpaired) electrons. The van der Waals surface area contributed by atoms with Gasteiger partial charge in [0.1, 0.15) is 0 Å². The van der Waals surface area contributed by atoms with Crippen LogP contribution in [0.1, 0.15) is 44.6 Å². The van der Waals surface area contributed by atoms with Crippen molar-refractivity contribution in [3.05, 3.63) is 23.8 Å². The molecule has 6 heteroatoms. The number of sulfonamides is 1. The van der Waals surface area contributed by atoms with Gasteiger partial charge >= 0.3 is 0 Å². The Morgan fingerprint density at radius 1 is 1.00 bits per heavy atom. The molecular weight excluding hydrogens is 312 g/mol. The van der Waals surface area contributed by atoms with Crippen molar-refractivity contribution in [2.24, 2.45) is 0 Å². The largest absolute Gasteiger partial charge is 0.312 e. The Labute approximate surface area is 138 Å². The zero-order valence-electron chi connectivity index (χ0n) is 13.6. The van der Waals surface area contributed by atoms with Gasteiger partial charge in [-0.05, 0) is 49.4 Å². The van der Waals surface area contributed by atoms with E-state index in [4.69, 9.17) is 0 Å². The zero-order chi connectivity index (χ0) is 16.4. The second kappa shape index (κ2) is 6.61. The van der Waals surface area contributed by atoms with E-state index in [0.29, 0.717) is 24.5 Å². The number of fused-ring (bicyclic) bond motifs is 1. The molecule has 2 aliphatic heterocycles. The number of hydrogen-bond acceptors (Lipinski definition) is 3. The van der Waals surface area contributed by atoms with Crippen molar-refractivity contribution >= 4 is 21.6 Å². The van der Waals surface area contributed by atoms with Crippen LogP contribution in [0.25, 0.3) is 0 Å². The van der Waals surface area contributed by atoms with Crippen LogP contribution in [0.15, 0.2) is 23.1 Å². The number of hydrogen-bond donors (Lipinski definition) is 0. The van der Waals surface area contributed by atoms with Crippen molar-refractivity contribution in [1.82, 2.24) is 4.31 Å². The number of anilines is 1. The van der Waals surface area contributed by atoms with Crippen molar-refractivity contribution in [1.29, 1.82) is 0 Å². The Morgan fingerprint density at radius 3 is 2.35 bits per heavy atom. The number of aryl methyl sites for hydroxylation is 1. The first-order valence-electron chi connectivity index (χ1n) is 8.41. The molecule has 0 N–H and O–H groups in total. The Hall–Kier alpha value is -1.40. The molecule has 1 aromatic rings. The number of carbonyl (C=O) groups is 1. The monoisotopic (exact) mass is 336 g/mol. The lowest BCUT2D eigenvalue weighted by Gasteiger charge is -2.29. The number of benzene rings is 1. The molecule has 0 unspecified atom stereocenters. The number of rotatable bonds is 2. The fourth-order valence-corrected chi connectivity index (χ4v) is 5.06. The summed E-state index contributed by atoms with van der Waals surface area (Å²) < 4.78 is 27.4. The van der Waals surface area contributed by atoms with E-state index in [0.717, 1.165) is 49.8 Å². The molecule has 0 aliphatic carbocycles. The van der Waals surface area contributed by atoms with Gasteiger partial charge in [-0.3, -0.25) is 4.79 Å². The predicted octanol–water partition coefficient (Wildman–Crippen LogP) is 2.55. The van der Waals surface area contributed by atoms with Crippen LogP contribution in [0.5, 0.6) is 0 Å². The molecule has 5 nitrogen and oxygen atoms in total. The molecule has 3 rings (SSSR count). The van der Waals surface area contributed by atoms with Crippen LogP contribution in [0.3, 0.4) is 0 Å². The van der Waals surface area contributed by atoms with Crippen molar-refractivity contribution in [2.45, 2.75) is 50.3 Å². The van der Waals surface area contributed by atoms with Crippen LogP contribution < -0.4 is 4.90 Å². The van der Waals surface area contributed by atoms with Crippen molar-refractivity contribution in [3.63, 3.8) is 0 Å². The lowest BCUT2D eigenvalue weighted by atomic mass is 10.0. The molecular formula is C17H24N2O3S.